The summed E-state index contributed by atoms with van der Waals surface area (Å²) in [7, 11) is 1.65. The van der Waals surface area contributed by atoms with Gasteiger partial charge in [-0.3, -0.25) is 14.6 Å². The molecule has 2 aliphatic rings. The normalized spacial score (nSPS) is 18.8. The number of hydrogen-bond donors (Lipinski definition) is 0. The van der Waals surface area contributed by atoms with Gasteiger partial charge < -0.3 is 13.9 Å². The highest BCUT2D eigenvalue weighted by atomic mass is 16.5. The van der Waals surface area contributed by atoms with Gasteiger partial charge in [0.25, 0.3) is 5.91 Å². The minimum atomic E-state index is -0.235. The minimum Gasteiger partial charge on any atom is -0.497 e. The van der Waals surface area contributed by atoms with Gasteiger partial charge in [0, 0.05) is 39.1 Å². The molecule has 36 heavy (non-hydrogen) atoms. The Morgan fingerprint density at radius 3 is 2.39 bits per heavy atom. The van der Waals surface area contributed by atoms with Gasteiger partial charge in [0.15, 0.2) is 0 Å². The van der Waals surface area contributed by atoms with E-state index in [2.05, 4.69) is 9.80 Å². The molecule has 5 rings (SSSR count). The van der Waals surface area contributed by atoms with E-state index < -0.39 is 0 Å². The van der Waals surface area contributed by atoms with Crippen molar-refractivity contribution in [1.29, 1.82) is 0 Å². The first-order valence-corrected chi connectivity index (χ1v) is 12.4. The molecule has 1 fully saturated rings. The maximum Gasteiger partial charge on any atom is 0.257 e. The number of ether oxygens (including phenoxy) is 2. The van der Waals surface area contributed by atoms with Crippen LogP contribution in [0.1, 0.15) is 23.8 Å². The Balaban J connectivity index is 1.16. The highest BCUT2D eigenvalue weighted by molar-refractivity contribution is 6.03. The Morgan fingerprint density at radius 2 is 1.69 bits per heavy atom. The molecular weight excluding hydrogens is 456 g/mol. The zero-order valence-electron chi connectivity index (χ0n) is 20.6. The molecule has 1 saturated heterocycles. The Labute approximate surface area is 211 Å². The van der Waals surface area contributed by atoms with Crippen LogP contribution in [0.5, 0.6) is 11.5 Å². The molecule has 1 atom stereocenters. The zero-order valence-corrected chi connectivity index (χ0v) is 20.6. The molecular formula is C28H32N4O4. The van der Waals surface area contributed by atoms with Gasteiger partial charge in [-0.25, -0.2) is 5.01 Å². The average Bonchev–Trinajstić information content (AvgIpc) is 3.61. The zero-order chi connectivity index (χ0) is 24.7. The van der Waals surface area contributed by atoms with Crippen molar-refractivity contribution in [2.75, 3.05) is 53.0 Å². The van der Waals surface area contributed by atoms with Crippen molar-refractivity contribution in [3.63, 3.8) is 0 Å². The number of hydrazone groups is 1. The third-order valence-electron chi connectivity index (χ3n) is 6.70. The summed E-state index contributed by atoms with van der Waals surface area (Å²) >= 11 is 0. The molecule has 1 aromatic heterocycles. The van der Waals surface area contributed by atoms with Crippen molar-refractivity contribution in [3.8, 4) is 11.5 Å². The van der Waals surface area contributed by atoms with Crippen LogP contribution in [-0.2, 0) is 4.79 Å². The van der Waals surface area contributed by atoms with Gasteiger partial charge >= 0.3 is 0 Å². The third-order valence-corrected chi connectivity index (χ3v) is 6.70. The Bertz CT molecular complexity index is 1140. The summed E-state index contributed by atoms with van der Waals surface area (Å²) in [6, 6.07) is 21.2. The van der Waals surface area contributed by atoms with Crippen LogP contribution in [0.3, 0.4) is 0 Å². The standard InChI is InChI=1S/C28H32N4O4/c1-34-23-11-9-22(10-12-23)25-20-26(27-8-5-18-36-27)32(29-25)28(33)21-31-15-13-30(14-16-31)17-19-35-24-6-3-2-4-7-24/h2-12,18,26H,13-17,19-21H2,1H3/t26-/m1/s1. The van der Waals surface area contributed by atoms with Crippen LogP contribution in [0.25, 0.3) is 0 Å². The van der Waals surface area contributed by atoms with Gasteiger partial charge in [0.2, 0.25) is 0 Å². The van der Waals surface area contributed by atoms with Crippen LogP contribution in [0, 0.1) is 0 Å². The first-order chi connectivity index (χ1) is 17.7. The smallest absolute Gasteiger partial charge is 0.257 e. The van der Waals surface area contributed by atoms with E-state index in [4.69, 9.17) is 19.0 Å². The maximum atomic E-state index is 13.4. The predicted molar refractivity (Wildman–Crippen MR) is 137 cm³/mol. The molecule has 0 N–H and O–H groups in total. The molecule has 0 unspecified atom stereocenters. The highest BCUT2D eigenvalue weighted by Crippen LogP contribution is 2.33. The molecule has 2 aliphatic heterocycles. The number of benzene rings is 2. The lowest BCUT2D eigenvalue weighted by atomic mass is 10.0. The number of methoxy groups -OCH3 is 1. The topological polar surface area (TPSA) is 70.8 Å². The van der Waals surface area contributed by atoms with Crippen molar-refractivity contribution in [2.45, 2.75) is 12.5 Å². The van der Waals surface area contributed by atoms with Crippen molar-refractivity contribution in [1.82, 2.24) is 14.8 Å². The monoisotopic (exact) mass is 488 g/mol. The van der Waals surface area contributed by atoms with Crippen molar-refractivity contribution >= 4 is 11.6 Å². The summed E-state index contributed by atoms with van der Waals surface area (Å²) in [6.45, 7) is 5.37. The van der Waals surface area contributed by atoms with Gasteiger partial charge in [-0.05, 0) is 54.1 Å². The Morgan fingerprint density at radius 1 is 0.944 bits per heavy atom. The quantitative estimate of drug-likeness (QED) is 0.458. The number of rotatable bonds is 9. The predicted octanol–water partition coefficient (Wildman–Crippen LogP) is 3.66. The number of carbonyl (C=O) groups is 1. The van der Waals surface area contributed by atoms with E-state index in [0.717, 1.165) is 61.3 Å². The molecule has 0 saturated carbocycles. The molecule has 8 nitrogen and oxygen atoms in total. The third kappa shape index (κ3) is 5.78. The van der Waals surface area contributed by atoms with Crippen LogP contribution < -0.4 is 9.47 Å². The van der Waals surface area contributed by atoms with Crippen LogP contribution in [0.2, 0.25) is 0 Å². The fraction of sp³-hybridized carbons (Fsp3) is 0.357. The summed E-state index contributed by atoms with van der Waals surface area (Å²) in [6.07, 6.45) is 2.25. The molecule has 3 heterocycles. The van der Waals surface area contributed by atoms with Crippen molar-refractivity contribution in [2.24, 2.45) is 5.10 Å². The van der Waals surface area contributed by atoms with Gasteiger partial charge in [-0.1, -0.05) is 18.2 Å². The fourth-order valence-electron chi connectivity index (χ4n) is 4.64. The average molecular weight is 489 g/mol. The second-order valence-corrected chi connectivity index (χ2v) is 9.03. The molecule has 2 aromatic carbocycles. The first-order valence-electron chi connectivity index (χ1n) is 12.4. The van der Waals surface area contributed by atoms with Crippen molar-refractivity contribution in [3.05, 3.63) is 84.3 Å². The Kier molecular flexibility index (Phi) is 7.64. The number of amides is 1. The molecule has 188 valence electrons. The van der Waals surface area contributed by atoms with E-state index in [9.17, 15) is 4.79 Å². The number of nitrogens with zero attached hydrogens (tertiary/aromatic N) is 4. The van der Waals surface area contributed by atoms with E-state index in [1.165, 1.54) is 0 Å². The van der Waals surface area contributed by atoms with Gasteiger partial charge in [-0.15, -0.1) is 0 Å². The number of furan rings is 1. The summed E-state index contributed by atoms with van der Waals surface area (Å²) in [4.78, 5) is 18.0. The molecule has 8 heteroatoms. The number of piperazine rings is 1. The van der Waals surface area contributed by atoms with E-state index in [-0.39, 0.29) is 11.9 Å². The summed E-state index contributed by atoms with van der Waals surface area (Å²) in [5.74, 6) is 2.42. The molecule has 3 aromatic rings. The van der Waals surface area contributed by atoms with Crippen molar-refractivity contribution < 1.29 is 18.7 Å². The largest absolute Gasteiger partial charge is 0.497 e. The van der Waals surface area contributed by atoms with Gasteiger partial charge in [0.05, 0.1) is 25.6 Å². The van der Waals surface area contributed by atoms with Crippen LogP contribution >= 0.6 is 0 Å². The molecule has 1 amide bonds. The van der Waals surface area contributed by atoms with E-state index in [0.29, 0.717) is 19.6 Å². The fourth-order valence-corrected chi connectivity index (χ4v) is 4.64. The minimum absolute atomic E-state index is 0.0132. The molecule has 0 bridgehead atoms. The highest BCUT2D eigenvalue weighted by Gasteiger charge is 2.35. The lowest BCUT2D eigenvalue weighted by Gasteiger charge is -2.34. The number of para-hydroxylation sites is 1. The molecule has 0 aliphatic carbocycles. The van der Waals surface area contributed by atoms with E-state index in [1.54, 1.807) is 18.4 Å². The summed E-state index contributed by atoms with van der Waals surface area (Å²) in [5, 5.41) is 6.36. The molecule has 0 radical (unpaired) electrons. The molecule has 0 spiro atoms. The van der Waals surface area contributed by atoms with Gasteiger partial charge in [-0.2, -0.15) is 5.10 Å². The van der Waals surface area contributed by atoms with E-state index >= 15 is 0 Å². The second-order valence-electron chi connectivity index (χ2n) is 9.03. The van der Waals surface area contributed by atoms with E-state index in [1.807, 2.05) is 66.7 Å². The number of hydrogen-bond acceptors (Lipinski definition) is 7. The maximum absolute atomic E-state index is 13.4. The second kappa shape index (κ2) is 11.4. The lowest BCUT2D eigenvalue weighted by Crippen LogP contribution is -2.50. The Hall–Kier alpha value is -3.62. The van der Waals surface area contributed by atoms with Crippen LogP contribution in [-0.4, -0.2) is 79.4 Å². The van der Waals surface area contributed by atoms with Gasteiger partial charge in [0.1, 0.15) is 29.9 Å². The lowest BCUT2D eigenvalue weighted by molar-refractivity contribution is -0.135. The number of carbonyl (C=O) groups excluding carboxylic acids is 1. The van der Waals surface area contributed by atoms with Crippen LogP contribution in [0.15, 0.2) is 82.5 Å². The summed E-state index contributed by atoms with van der Waals surface area (Å²) < 4.78 is 16.8. The van der Waals surface area contributed by atoms with Crippen LogP contribution in [0.4, 0.5) is 0 Å². The first kappa shape index (κ1) is 24.1. The SMILES string of the molecule is COc1ccc(C2=NN(C(=O)CN3CCN(CCOc4ccccc4)CC3)[C@@H](c3ccco3)C2)cc1. The summed E-state index contributed by atoms with van der Waals surface area (Å²) in [5.41, 5.74) is 1.85.